The first-order valence-corrected chi connectivity index (χ1v) is 7.15. The van der Waals surface area contributed by atoms with Crippen LogP contribution < -0.4 is 0 Å². The number of hydrogen-bond acceptors (Lipinski definition) is 3. The van der Waals surface area contributed by atoms with E-state index < -0.39 is 12.1 Å². The molecule has 0 amide bonds. The molecule has 4 heteroatoms. The van der Waals surface area contributed by atoms with Crippen molar-refractivity contribution in [1.29, 1.82) is 0 Å². The monoisotopic (exact) mass is 260 g/mol. The lowest BCUT2D eigenvalue weighted by Crippen LogP contribution is -2.22. The van der Waals surface area contributed by atoms with Crippen molar-refractivity contribution in [3.63, 3.8) is 0 Å². The van der Waals surface area contributed by atoms with Gasteiger partial charge in [0.2, 0.25) is 0 Å². The lowest BCUT2D eigenvalue weighted by molar-refractivity contribution is -0.141. The number of carbonyl (C=O) groups is 1. The van der Waals surface area contributed by atoms with Crippen LogP contribution in [0.5, 0.6) is 0 Å². The number of carboxylic acids is 1. The Balaban J connectivity index is 3.25. The van der Waals surface area contributed by atoms with Crippen molar-refractivity contribution >= 4 is 5.97 Å². The number of rotatable bonds is 13. The molecule has 4 nitrogen and oxygen atoms in total. The van der Waals surface area contributed by atoms with E-state index in [9.17, 15) is 4.79 Å². The summed E-state index contributed by atoms with van der Waals surface area (Å²) in [6.45, 7) is 2.54. The number of aliphatic hydroxyl groups is 1. The van der Waals surface area contributed by atoms with Crippen LogP contribution >= 0.6 is 0 Å². The fraction of sp³-hybridized carbons (Fsp3) is 0.929. The van der Waals surface area contributed by atoms with E-state index >= 15 is 0 Å². The van der Waals surface area contributed by atoms with Crippen LogP contribution in [0.25, 0.3) is 0 Å². The Bertz CT molecular complexity index is 194. The molecule has 0 aliphatic heterocycles. The van der Waals surface area contributed by atoms with Gasteiger partial charge in [-0.25, -0.2) is 0 Å². The molecule has 0 saturated carbocycles. The van der Waals surface area contributed by atoms with Crippen LogP contribution in [0.3, 0.4) is 0 Å². The Morgan fingerprint density at radius 2 is 1.61 bits per heavy atom. The number of ether oxygens (including phenoxy) is 1. The second-order valence-electron chi connectivity index (χ2n) is 4.75. The molecule has 2 N–H and O–H groups in total. The lowest BCUT2D eigenvalue weighted by atomic mass is 10.1. The largest absolute Gasteiger partial charge is 0.481 e. The Hall–Kier alpha value is -0.610. The average molecular weight is 260 g/mol. The van der Waals surface area contributed by atoms with Crippen molar-refractivity contribution < 1.29 is 19.7 Å². The molecular weight excluding hydrogens is 232 g/mol. The fourth-order valence-corrected chi connectivity index (χ4v) is 1.86. The molecule has 0 fully saturated rings. The SMILES string of the molecule is CCCCCCCCCCOC(CO)CC(=O)O. The number of hydrogen-bond donors (Lipinski definition) is 2. The first-order chi connectivity index (χ1) is 8.70. The molecule has 0 spiro atoms. The molecule has 0 aliphatic rings. The first kappa shape index (κ1) is 17.4. The Labute approximate surface area is 110 Å². The molecule has 0 saturated heterocycles. The summed E-state index contributed by atoms with van der Waals surface area (Å²) in [5.41, 5.74) is 0. The Morgan fingerprint density at radius 1 is 1.06 bits per heavy atom. The second kappa shape index (κ2) is 12.8. The van der Waals surface area contributed by atoms with Gasteiger partial charge in [-0.05, 0) is 6.42 Å². The van der Waals surface area contributed by atoms with E-state index in [2.05, 4.69) is 6.92 Å². The predicted octanol–water partition coefficient (Wildman–Crippen LogP) is 2.98. The highest BCUT2D eigenvalue weighted by Crippen LogP contribution is 2.09. The van der Waals surface area contributed by atoms with Gasteiger partial charge < -0.3 is 14.9 Å². The maximum Gasteiger partial charge on any atom is 0.306 e. The maximum atomic E-state index is 10.4. The van der Waals surface area contributed by atoms with Gasteiger partial charge in [-0.1, -0.05) is 51.9 Å². The molecule has 108 valence electrons. The molecule has 0 radical (unpaired) electrons. The molecule has 0 aromatic rings. The zero-order valence-electron chi connectivity index (χ0n) is 11.6. The van der Waals surface area contributed by atoms with Crippen LogP contribution in [0.15, 0.2) is 0 Å². The third-order valence-corrected chi connectivity index (χ3v) is 2.96. The van der Waals surface area contributed by atoms with E-state index in [1.807, 2.05) is 0 Å². The fourth-order valence-electron chi connectivity index (χ4n) is 1.86. The van der Waals surface area contributed by atoms with E-state index in [4.69, 9.17) is 14.9 Å². The highest BCUT2D eigenvalue weighted by molar-refractivity contribution is 5.67. The first-order valence-electron chi connectivity index (χ1n) is 7.15. The summed E-state index contributed by atoms with van der Waals surface area (Å²) in [6, 6.07) is 0. The molecule has 0 aliphatic carbocycles. The minimum Gasteiger partial charge on any atom is -0.481 e. The summed E-state index contributed by atoms with van der Waals surface area (Å²) in [4.78, 5) is 10.4. The summed E-state index contributed by atoms with van der Waals surface area (Å²) in [5, 5.41) is 17.5. The third-order valence-electron chi connectivity index (χ3n) is 2.96. The molecule has 0 aromatic heterocycles. The molecule has 0 rings (SSSR count). The standard InChI is InChI=1S/C14H28O4/c1-2-3-4-5-6-7-8-9-10-18-13(12-15)11-14(16)17/h13,15H,2-12H2,1H3,(H,16,17). The van der Waals surface area contributed by atoms with E-state index in [1.165, 1.54) is 38.5 Å². The maximum absolute atomic E-state index is 10.4. The van der Waals surface area contributed by atoms with Crippen molar-refractivity contribution in [2.75, 3.05) is 13.2 Å². The Morgan fingerprint density at radius 3 is 2.11 bits per heavy atom. The quantitative estimate of drug-likeness (QED) is 0.500. The van der Waals surface area contributed by atoms with E-state index in [1.54, 1.807) is 0 Å². The predicted molar refractivity (Wildman–Crippen MR) is 71.7 cm³/mol. The van der Waals surface area contributed by atoms with Gasteiger partial charge in [0.05, 0.1) is 19.1 Å². The van der Waals surface area contributed by atoms with Gasteiger partial charge in [-0.3, -0.25) is 4.79 Å². The van der Waals surface area contributed by atoms with Gasteiger partial charge in [-0.15, -0.1) is 0 Å². The van der Waals surface area contributed by atoms with Crippen molar-refractivity contribution in [3.05, 3.63) is 0 Å². The summed E-state index contributed by atoms with van der Waals surface area (Å²) in [6.07, 6.45) is 9.15. The van der Waals surface area contributed by atoms with Crippen molar-refractivity contribution in [2.24, 2.45) is 0 Å². The van der Waals surface area contributed by atoms with Crippen LogP contribution in [0.4, 0.5) is 0 Å². The molecule has 1 unspecified atom stereocenters. The van der Waals surface area contributed by atoms with Gasteiger partial charge in [0.1, 0.15) is 0 Å². The summed E-state index contributed by atoms with van der Waals surface area (Å²) in [5.74, 6) is -0.926. The molecule has 0 aromatic carbocycles. The molecule has 1 atom stereocenters. The second-order valence-corrected chi connectivity index (χ2v) is 4.75. The summed E-state index contributed by atoms with van der Waals surface area (Å²) < 4.78 is 5.32. The van der Waals surface area contributed by atoms with E-state index in [0.717, 1.165) is 12.8 Å². The van der Waals surface area contributed by atoms with Crippen LogP contribution in [-0.4, -0.2) is 35.5 Å². The third kappa shape index (κ3) is 11.9. The normalized spacial score (nSPS) is 12.6. The zero-order chi connectivity index (χ0) is 13.6. The number of unbranched alkanes of at least 4 members (excludes halogenated alkanes) is 7. The van der Waals surface area contributed by atoms with Crippen LogP contribution in [0.2, 0.25) is 0 Å². The highest BCUT2D eigenvalue weighted by atomic mass is 16.5. The van der Waals surface area contributed by atoms with E-state index in [-0.39, 0.29) is 13.0 Å². The minimum absolute atomic E-state index is 0.118. The van der Waals surface area contributed by atoms with E-state index in [0.29, 0.717) is 6.61 Å². The summed E-state index contributed by atoms with van der Waals surface area (Å²) in [7, 11) is 0. The number of aliphatic carboxylic acids is 1. The molecular formula is C14H28O4. The summed E-state index contributed by atoms with van der Waals surface area (Å²) >= 11 is 0. The highest BCUT2D eigenvalue weighted by Gasteiger charge is 2.11. The van der Waals surface area contributed by atoms with Crippen LogP contribution in [0.1, 0.15) is 64.7 Å². The molecule has 0 bridgehead atoms. The smallest absolute Gasteiger partial charge is 0.306 e. The zero-order valence-corrected chi connectivity index (χ0v) is 11.6. The van der Waals surface area contributed by atoms with Crippen LogP contribution in [-0.2, 0) is 9.53 Å². The topological polar surface area (TPSA) is 66.8 Å². The average Bonchev–Trinajstić information content (AvgIpc) is 2.35. The number of aliphatic hydroxyl groups excluding tert-OH is 1. The molecule has 0 heterocycles. The lowest BCUT2D eigenvalue weighted by Gasteiger charge is -2.12. The van der Waals surface area contributed by atoms with Gasteiger partial charge >= 0.3 is 5.97 Å². The van der Waals surface area contributed by atoms with Gasteiger partial charge in [0.15, 0.2) is 0 Å². The van der Waals surface area contributed by atoms with Crippen molar-refractivity contribution in [3.8, 4) is 0 Å². The number of carboxylic acid groups (broad SMARTS) is 1. The van der Waals surface area contributed by atoms with Crippen LogP contribution in [0, 0.1) is 0 Å². The van der Waals surface area contributed by atoms with Crippen molar-refractivity contribution in [2.45, 2.75) is 70.8 Å². The van der Waals surface area contributed by atoms with Gasteiger partial charge in [0.25, 0.3) is 0 Å². The van der Waals surface area contributed by atoms with Gasteiger partial charge in [-0.2, -0.15) is 0 Å². The van der Waals surface area contributed by atoms with Crippen molar-refractivity contribution in [1.82, 2.24) is 0 Å². The van der Waals surface area contributed by atoms with Gasteiger partial charge in [0, 0.05) is 6.61 Å². The molecule has 18 heavy (non-hydrogen) atoms. The minimum atomic E-state index is -0.926. The Kier molecular flexibility index (Phi) is 12.4.